The Labute approximate surface area is 111 Å². The highest BCUT2D eigenvalue weighted by atomic mass is 16.5. The molecule has 2 rings (SSSR count). The van der Waals surface area contributed by atoms with Crippen molar-refractivity contribution >= 4 is 0 Å². The van der Waals surface area contributed by atoms with Crippen LogP contribution < -0.4 is 5.32 Å². The molecule has 1 heterocycles. The fourth-order valence-corrected chi connectivity index (χ4v) is 3.78. The van der Waals surface area contributed by atoms with E-state index in [-0.39, 0.29) is 16.9 Å². The van der Waals surface area contributed by atoms with Crippen molar-refractivity contribution in [3.05, 3.63) is 0 Å². The lowest BCUT2D eigenvalue weighted by atomic mass is 9.57. The Bertz CT molecular complexity index is 295. The van der Waals surface area contributed by atoms with Crippen LogP contribution in [-0.4, -0.2) is 36.5 Å². The van der Waals surface area contributed by atoms with E-state index >= 15 is 0 Å². The second kappa shape index (κ2) is 4.77. The average molecular weight is 255 g/mol. The van der Waals surface area contributed by atoms with Crippen LogP contribution in [0.2, 0.25) is 0 Å². The van der Waals surface area contributed by atoms with E-state index in [2.05, 4.69) is 39.9 Å². The molecule has 3 heteroatoms. The maximum atomic E-state index is 10.1. The Kier molecular flexibility index (Phi) is 3.79. The topological polar surface area (TPSA) is 41.5 Å². The molecule has 0 radical (unpaired) electrons. The molecule has 1 saturated heterocycles. The van der Waals surface area contributed by atoms with Crippen LogP contribution in [0.5, 0.6) is 0 Å². The lowest BCUT2D eigenvalue weighted by Crippen LogP contribution is -2.66. The number of aliphatic hydroxyl groups excluding tert-OH is 1. The molecular formula is C15H29NO2. The predicted octanol–water partition coefficient (Wildman–Crippen LogP) is 2.19. The van der Waals surface area contributed by atoms with Crippen LogP contribution in [0, 0.1) is 16.7 Å². The van der Waals surface area contributed by atoms with Gasteiger partial charge in [0.2, 0.25) is 0 Å². The number of hydrogen-bond acceptors (Lipinski definition) is 3. The quantitative estimate of drug-likeness (QED) is 0.809. The summed E-state index contributed by atoms with van der Waals surface area (Å²) in [5.74, 6) is 0.654. The van der Waals surface area contributed by atoms with Crippen LogP contribution in [0.25, 0.3) is 0 Å². The minimum absolute atomic E-state index is 0.190. The van der Waals surface area contributed by atoms with Crippen molar-refractivity contribution in [3.8, 4) is 0 Å². The van der Waals surface area contributed by atoms with Crippen LogP contribution >= 0.6 is 0 Å². The molecule has 4 atom stereocenters. The van der Waals surface area contributed by atoms with Crippen LogP contribution in [0.15, 0.2) is 0 Å². The molecule has 0 aromatic rings. The molecule has 1 saturated carbocycles. The summed E-state index contributed by atoms with van der Waals surface area (Å²) >= 11 is 0. The van der Waals surface area contributed by atoms with Crippen LogP contribution in [0.3, 0.4) is 0 Å². The summed E-state index contributed by atoms with van der Waals surface area (Å²) in [7, 11) is 0. The number of hydrogen-bond donors (Lipinski definition) is 2. The molecule has 2 N–H and O–H groups in total. The van der Waals surface area contributed by atoms with E-state index in [4.69, 9.17) is 4.74 Å². The van der Waals surface area contributed by atoms with Crippen LogP contribution in [0.4, 0.5) is 0 Å². The van der Waals surface area contributed by atoms with Gasteiger partial charge in [-0.15, -0.1) is 0 Å². The zero-order chi connectivity index (χ0) is 13.6. The first-order chi connectivity index (χ1) is 8.22. The highest BCUT2D eigenvalue weighted by molar-refractivity contribution is 5.11. The zero-order valence-corrected chi connectivity index (χ0v) is 12.5. The Morgan fingerprint density at radius 2 is 2.06 bits per heavy atom. The van der Waals surface area contributed by atoms with Gasteiger partial charge in [-0.1, -0.05) is 34.6 Å². The Morgan fingerprint density at radius 1 is 1.39 bits per heavy atom. The molecule has 0 amide bonds. The van der Waals surface area contributed by atoms with Gasteiger partial charge >= 0.3 is 0 Å². The maximum Gasteiger partial charge on any atom is 0.0685 e. The summed E-state index contributed by atoms with van der Waals surface area (Å²) < 4.78 is 5.78. The van der Waals surface area contributed by atoms with E-state index in [1.807, 2.05) is 0 Å². The number of aliphatic hydroxyl groups is 1. The predicted molar refractivity (Wildman–Crippen MR) is 73.5 cm³/mol. The Hall–Kier alpha value is -0.120. The fourth-order valence-electron chi connectivity index (χ4n) is 3.78. The second-order valence-electron chi connectivity index (χ2n) is 7.87. The third-order valence-electron chi connectivity index (χ3n) is 4.52. The fraction of sp³-hybridized carbons (Fsp3) is 1.00. The van der Waals surface area contributed by atoms with Crippen molar-refractivity contribution in [2.24, 2.45) is 16.7 Å². The van der Waals surface area contributed by atoms with Crippen LogP contribution in [0.1, 0.15) is 47.5 Å². The second-order valence-corrected chi connectivity index (χ2v) is 7.87. The third kappa shape index (κ3) is 2.73. The first-order valence-electron chi connectivity index (χ1n) is 7.25. The largest absolute Gasteiger partial charge is 0.392 e. The first kappa shape index (κ1) is 14.3. The van der Waals surface area contributed by atoms with Gasteiger partial charge in [0.25, 0.3) is 0 Å². The van der Waals surface area contributed by atoms with Crippen molar-refractivity contribution in [1.82, 2.24) is 5.32 Å². The molecule has 18 heavy (non-hydrogen) atoms. The molecule has 1 aliphatic carbocycles. The molecule has 0 bridgehead atoms. The summed E-state index contributed by atoms with van der Waals surface area (Å²) in [6.45, 7) is 12.7. The molecule has 0 aromatic heterocycles. The van der Waals surface area contributed by atoms with Gasteiger partial charge in [0.1, 0.15) is 0 Å². The van der Waals surface area contributed by atoms with Crippen molar-refractivity contribution in [1.29, 1.82) is 0 Å². The monoisotopic (exact) mass is 255 g/mol. The molecule has 2 fully saturated rings. The van der Waals surface area contributed by atoms with Crippen molar-refractivity contribution in [2.75, 3.05) is 13.2 Å². The number of fused-ring (bicyclic) bond motifs is 1. The molecule has 1 aliphatic heterocycles. The summed E-state index contributed by atoms with van der Waals surface area (Å²) in [5, 5.41) is 13.6. The highest BCUT2D eigenvalue weighted by Gasteiger charge is 2.58. The van der Waals surface area contributed by atoms with Gasteiger partial charge in [0, 0.05) is 30.5 Å². The average Bonchev–Trinajstić information content (AvgIpc) is 2.61. The molecule has 0 aromatic carbocycles. The smallest absolute Gasteiger partial charge is 0.0685 e. The van der Waals surface area contributed by atoms with E-state index in [1.165, 1.54) is 6.42 Å². The van der Waals surface area contributed by atoms with Crippen molar-refractivity contribution in [3.63, 3.8) is 0 Å². The lowest BCUT2D eigenvalue weighted by molar-refractivity contribution is -0.114. The number of rotatable bonds is 4. The molecule has 0 spiro atoms. The number of ether oxygens (including phenoxy) is 1. The van der Waals surface area contributed by atoms with Gasteiger partial charge in [0.15, 0.2) is 0 Å². The van der Waals surface area contributed by atoms with E-state index in [9.17, 15) is 5.11 Å². The maximum absolute atomic E-state index is 10.1. The third-order valence-corrected chi connectivity index (χ3v) is 4.52. The molecule has 3 nitrogen and oxygen atoms in total. The van der Waals surface area contributed by atoms with Crippen molar-refractivity contribution in [2.45, 2.75) is 65.7 Å². The van der Waals surface area contributed by atoms with E-state index in [0.29, 0.717) is 24.6 Å². The van der Waals surface area contributed by atoms with Gasteiger partial charge in [0.05, 0.1) is 12.2 Å². The normalized spacial score (nSPS) is 36.0. The lowest BCUT2D eigenvalue weighted by Gasteiger charge is -2.55. The van der Waals surface area contributed by atoms with E-state index < -0.39 is 0 Å². The zero-order valence-electron chi connectivity index (χ0n) is 12.5. The Morgan fingerprint density at radius 3 is 2.67 bits per heavy atom. The molecule has 4 unspecified atom stereocenters. The van der Waals surface area contributed by atoms with Gasteiger partial charge in [-0.3, -0.25) is 0 Å². The standard InChI is InChI=1S/C15H29NO2/c1-14(2,3)8-10(17)9-16-12-11-6-7-18-13(11)15(12,4)5/h10-13,16-17H,6-9H2,1-5H3. The first-order valence-corrected chi connectivity index (χ1v) is 7.25. The van der Waals surface area contributed by atoms with E-state index in [0.717, 1.165) is 13.0 Å². The van der Waals surface area contributed by atoms with Gasteiger partial charge in [-0.05, 0) is 18.3 Å². The summed E-state index contributed by atoms with van der Waals surface area (Å²) in [6.07, 6.45) is 2.19. The van der Waals surface area contributed by atoms with Crippen LogP contribution in [-0.2, 0) is 4.74 Å². The van der Waals surface area contributed by atoms with Gasteiger partial charge in [-0.25, -0.2) is 0 Å². The minimum atomic E-state index is -0.248. The molecule has 2 aliphatic rings. The summed E-state index contributed by atoms with van der Waals surface area (Å²) in [6, 6.07) is 0.500. The summed E-state index contributed by atoms with van der Waals surface area (Å²) in [5.41, 5.74) is 0.401. The summed E-state index contributed by atoms with van der Waals surface area (Å²) in [4.78, 5) is 0. The van der Waals surface area contributed by atoms with Gasteiger partial charge < -0.3 is 15.2 Å². The highest BCUT2D eigenvalue weighted by Crippen LogP contribution is 2.52. The SMILES string of the molecule is CC(C)(C)CC(O)CNC1C2CCOC2C1(C)C. The molecular weight excluding hydrogens is 226 g/mol. The van der Waals surface area contributed by atoms with Gasteiger partial charge in [-0.2, -0.15) is 0 Å². The van der Waals surface area contributed by atoms with E-state index in [1.54, 1.807) is 0 Å². The Balaban J connectivity index is 1.80. The van der Waals surface area contributed by atoms with Crippen molar-refractivity contribution < 1.29 is 9.84 Å². The number of nitrogens with one attached hydrogen (secondary N) is 1. The minimum Gasteiger partial charge on any atom is -0.392 e. The molecule has 106 valence electrons.